The summed E-state index contributed by atoms with van der Waals surface area (Å²) in [6.45, 7) is 2.41. The van der Waals surface area contributed by atoms with Crippen molar-refractivity contribution in [2.24, 2.45) is 0 Å². The van der Waals surface area contributed by atoms with Gasteiger partial charge >= 0.3 is 0 Å². The second-order valence-electron chi connectivity index (χ2n) is 5.14. The Hall–Kier alpha value is -1.46. The van der Waals surface area contributed by atoms with E-state index >= 15 is 0 Å². The van der Waals surface area contributed by atoms with Crippen molar-refractivity contribution in [3.8, 4) is 0 Å². The Bertz CT molecular complexity index is 825. The maximum atomic E-state index is 12.5. The Morgan fingerprint density at radius 1 is 0.880 bits per heavy atom. The average molecular weight is 420 g/mol. The highest BCUT2D eigenvalue weighted by atomic mass is 35.5. The number of carbonyl (C=O) groups is 2. The van der Waals surface area contributed by atoms with Gasteiger partial charge in [-0.2, -0.15) is 0 Å². The van der Waals surface area contributed by atoms with Gasteiger partial charge in [-0.3, -0.25) is 9.59 Å². The largest absolute Gasteiger partial charge is 0.352 e. The van der Waals surface area contributed by atoms with Gasteiger partial charge in [0.2, 0.25) is 0 Å². The molecule has 132 valence electrons. The highest BCUT2D eigenvalue weighted by Crippen LogP contribution is 2.31. The SMILES string of the molecule is CCCNC(=O)c1cc(Cl)cc(Cl)c1NC(=O)c1ccc(Cl)cc1Cl. The van der Waals surface area contributed by atoms with Crippen LogP contribution in [-0.2, 0) is 0 Å². The average Bonchev–Trinajstić information content (AvgIpc) is 2.54. The van der Waals surface area contributed by atoms with Gasteiger partial charge < -0.3 is 10.6 Å². The van der Waals surface area contributed by atoms with Crippen molar-refractivity contribution in [1.29, 1.82) is 0 Å². The first kappa shape index (κ1) is 19.9. The van der Waals surface area contributed by atoms with Gasteiger partial charge in [-0.1, -0.05) is 53.3 Å². The van der Waals surface area contributed by atoms with Crippen LogP contribution in [0.3, 0.4) is 0 Å². The van der Waals surface area contributed by atoms with Gasteiger partial charge in [-0.25, -0.2) is 0 Å². The van der Waals surface area contributed by atoms with Crippen molar-refractivity contribution in [3.05, 3.63) is 61.5 Å². The zero-order valence-electron chi connectivity index (χ0n) is 13.1. The zero-order chi connectivity index (χ0) is 18.6. The van der Waals surface area contributed by atoms with Crippen LogP contribution >= 0.6 is 46.4 Å². The van der Waals surface area contributed by atoms with E-state index < -0.39 is 5.91 Å². The lowest BCUT2D eigenvalue weighted by molar-refractivity contribution is 0.0954. The Balaban J connectivity index is 2.37. The van der Waals surface area contributed by atoms with Gasteiger partial charge in [0.15, 0.2) is 0 Å². The van der Waals surface area contributed by atoms with Crippen molar-refractivity contribution in [3.63, 3.8) is 0 Å². The summed E-state index contributed by atoms with van der Waals surface area (Å²) >= 11 is 24.0. The molecule has 4 nitrogen and oxygen atoms in total. The van der Waals surface area contributed by atoms with E-state index in [0.717, 1.165) is 6.42 Å². The molecule has 0 aliphatic heterocycles. The molecule has 2 N–H and O–H groups in total. The minimum absolute atomic E-state index is 0.146. The third-order valence-electron chi connectivity index (χ3n) is 3.25. The summed E-state index contributed by atoms with van der Waals surface area (Å²) in [5, 5.41) is 6.37. The summed E-state index contributed by atoms with van der Waals surface area (Å²) in [5.41, 5.74) is 0.539. The summed E-state index contributed by atoms with van der Waals surface area (Å²) in [7, 11) is 0. The molecule has 0 aliphatic rings. The molecule has 0 aliphatic carbocycles. The number of halogens is 4. The molecule has 2 aromatic rings. The van der Waals surface area contributed by atoms with E-state index in [4.69, 9.17) is 46.4 Å². The van der Waals surface area contributed by atoms with Crippen molar-refractivity contribution in [1.82, 2.24) is 5.32 Å². The van der Waals surface area contributed by atoms with Crippen molar-refractivity contribution < 1.29 is 9.59 Å². The molecule has 0 spiro atoms. The van der Waals surface area contributed by atoms with Crippen LogP contribution in [0.15, 0.2) is 30.3 Å². The van der Waals surface area contributed by atoms with Crippen LogP contribution in [0.4, 0.5) is 5.69 Å². The van der Waals surface area contributed by atoms with E-state index in [1.54, 1.807) is 6.07 Å². The first-order valence-electron chi connectivity index (χ1n) is 7.37. The molecule has 0 heterocycles. The summed E-state index contributed by atoms with van der Waals surface area (Å²) in [6, 6.07) is 7.37. The molecule has 0 atom stereocenters. The number of nitrogens with one attached hydrogen (secondary N) is 2. The predicted octanol–water partition coefficient (Wildman–Crippen LogP) is 5.69. The van der Waals surface area contributed by atoms with Crippen LogP contribution in [0, 0.1) is 0 Å². The van der Waals surface area contributed by atoms with E-state index in [9.17, 15) is 9.59 Å². The van der Waals surface area contributed by atoms with Crippen LogP contribution in [-0.4, -0.2) is 18.4 Å². The van der Waals surface area contributed by atoms with Gasteiger partial charge in [0.05, 0.1) is 26.9 Å². The lowest BCUT2D eigenvalue weighted by Gasteiger charge is -2.14. The number of rotatable bonds is 5. The van der Waals surface area contributed by atoms with E-state index in [0.29, 0.717) is 11.6 Å². The summed E-state index contributed by atoms with van der Waals surface area (Å²) < 4.78 is 0. The molecule has 0 bridgehead atoms. The van der Waals surface area contributed by atoms with Crippen LogP contribution in [0.5, 0.6) is 0 Å². The van der Waals surface area contributed by atoms with Crippen molar-refractivity contribution >= 4 is 63.9 Å². The second kappa shape index (κ2) is 8.77. The fourth-order valence-corrected chi connectivity index (χ4v) is 3.10. The monoisotopic (exact) mass is 418 g/mol. The topological polar surface area (TPSA) is 58.2 Å². The van der Waals surface area contributed by atoms with Crippen LogP contribution in [0.25, 0.3) is 0 Å². The molecule has 0 fully saturated rings. The van der Waals surface area contributed by atoms with Gasteiger partial charge in [-0.15, -0.1) is 0 Å². The third kappa shape index (κ3) is 5.02. The molecular formula is C17H14Cl4N2O2. The fourth-order valence-electron chi connectivity index (χ4n) is 2.07. The molecular weight excluding hydrogens is 406 g/mol. The quantitative estimate of drug-likeness (QED) is 0.653. The van der Waals surface area contributed by atoms with Crippen molar-refractivity contribution in [2.45, 2.75) is 13.3 Å². The molecule has 2 amide bonds. The van der Waals surface area contributed by atoms with E-state index in [-0.39, 0.29) is 37.8 Å². The van der Waals surface area contributed by atoms with Gasteiger partial charge in [-0.05, 0) is 36.8 Å². The number of amides is 2. The van der Waals surface area contributed by atoms with E-state index in [2.05, 4.69) is 10.6 Å². The second-order valence-corrected chi connectivity index (χ2v) is 6.83. The summed E-state index contributed by atoms with van der Waals surface area (Å²) in [6.07, 6.45) is 0.766. The minimum atomic E-state index is -0.518. The third-order valence-corrected chi connectivity index (χ3v) is 4.31. The Morgan fingerprint density at radius 3 is 2.20 bits per heavy atom. The number of hydrogen-bond donors (Lipinski definition) is 2. The van der Waals surface area contributed by atoms with Gasteiger partial charge in [0, 0.05) is 16.6 Å². The summed E-state index contributed by atoms with van der Waals surface area (Å²) in [5.74, 6) is -0.904. The first-order valence-corrected chi connectivity index (χ1v) is 8.88. The molecule has 0 saturated carbocycles. The lowest BCUT2D eigenvalue weighted by Crippen LogP contribution is -2.26. The Morgan fingerprint density at radius 2 is 1.56 bits per heavy atom. The smallest absolute Gasteiger partial charge is 0.257 e. The molecule has 8 heteroatoms. The highest BCUT2D eigenvalue weighted by molar-refractivity contribution is 6.39. The Labute approximate surface area is 165 Å². The van der Waals surface area contributed by atoms with Crippen LogP contribution in [0.1, 0.15) is 34.1 Å². The number of benzene rings is 2. The predicted molar refractivity (Wildman–Crippen MR) is 104 cm³/mol. The molecule has 25 heavy (non-hydrogen) atoms. The Kier molecular flexibility index (Phi) is 6.96. The zero-order valence-corrected chi connectivity index (χ0v) is 16.2. The maximum Gasteiger partial charge on any atom is 0.257 e. The number of anilines is 1. The highest BCUT2D eigenvalue weighted by Gasteiger charge is 2.19. The standard InChI is InChI=1S/C17H14Cl4N2O2/c1-2-5-22-16(24)12-6-10(19)8-14(21)15(12)23-17(25)11-4-3-9(18)7-13(11)20/h3-4,6-8H,2,5H2,1H3,(H,22,24)(H,23,25). The maximum absolute atomic E-state index is 12.5. The molecule has 0 radical (unpaired) electrons. The minimum Gasteiger partial charge on any atom is -0.352 e. The van der Waals surface area contributed by atoms with Crippen molar-refractivity contribution in [2.75, 3.05) is 11.9 Å². The fraction of sp³-hybridized carbons (Fsp3) is 0.176. The molecule has 0 aromatic heterocycles. The molecule has 0 unspecified atom stereocenters. The number of carbonyl (C=O) groups excluding carboxylic acids is 2. The molecule has 0 saturated heterocycles. The first-order chi connectivity index (χ1) is 11.8. The molecule has 2 aromatic carbocycles. The normalized spacial score (nSPS) is 10.4. The summed E-state index contributed by atoms with van der Waals surface area (Å²) in [4.78, 5) is 24.8. The number of hydrogen-bond acceptors (Lipinski definition) is 2. The van der Waals surface area contributed by atoms with Crippen LogP contribution < -0.4 is 10.6 Å². The van der Waals surface area contributed by atoms with Crippen LogP contribution in [0.2, 0.25) is 20.1 Å². The van der Waals surface area contributed by atoms with E-state index in [1.165, 1.54) is 24.3 Å². The van der Waals surface area contributed by atoms with Gasteiger partial charge in [0.1, 0.15) is 0 Å². The van der Waals surface area contributed by atoms with Gasteiger partial charge in [0.25, 0.3) is 11.8 Å². The van der Waals surface area contributed by atoms with E-state index in [1.807, 2.05) is 6.92 Å². The lowest BCUT2D eigenvalue weighted by atomic mass is 10.1. The molecule has 2 rings (SSSR count).